The van der Waals surface area contributed by atoms with Crippen molar-refractivity contribution in [1.29, 1.82) is 0 Å². The first-order valence-electron chi connectivity index (χ1n) is 6.79. The Morgan fingerprint density at radius 3 is 1.76 bits per heavy atom. The van der Waals surface area contributed by atoms with Crippen LogP contribution in [0.2, 0.25) is 0 Å². The number of hydrogen-bond acceptors (Lipinski definition) is 2. The van der Waals surface area contributed by atoms with Crippen LogP contribution in [0.15, 0.2) is 82.2 Å². The summed E-state index contributed by atoms with van der Waals surface area (Å²) in [7, 11) is 6.87. The molecule has 0 amide bonds. The van der Waals surface area contributed by atoms with Crippen molar-refractivity contribution in [1.82, 2.24) is 0 Å². The maximum atomic E-state index is 6.87. The van der Waals surface area contributed by atoms with Gasteiger partial charge in [0.1, 0.15) is 0 Å². The molecule has 4 heteroatoms. The van der Waals surface area contributed by atoms with E-state index >= 15 is 0 Å². The number of halogens is 1. The van der Waals surface area contributed by atoms with Crippen molar-refractivity contribution in [2.24, 2.45) is 0 Å². The molecule has 106 valence electrons. The van der Waals surface area contributed by atoms with Crippen LogP contribution in [0.4, 0.5) is 0 Å². The quantitative estimate of drug-likeness (QED) is 0.719. The Morgan fingerprint density at radius 1 is 0.810 bits per heavy atom. The van der Waals surface area contributed by atoms with Gasteiger partial charge >= 0.3 is 134 Å². The molecule has 0 bridgehead atoms. The molecule has 0 saturated carbocycles. The van der Waals surface area contributed by atoms with Crippen molar-refractivity contribution in [3.8, 4) is 11.5 Å². The number of hydrogen-bond donors (Lipinski definition) is 0. The monoisotopic (exact) mass is 376 g/mol. The summed E-state index contributed by atoms with van der Waals surface area (Å²) in [6.07, 6.45) is 6.91. The minimum absolute atomic E-state index is 0.757. The fourth-order valence-electron chi connectivity index (χ4n) is 2.10. The summed E-state index contributed by atoms with van der Waals surface area (Å²) in [6.45, 7) is 0. The molecule has 2 aromatic carbocycles. The standard InChI is InChI=1S/2C6H6O.C5H5.ClH.Zr/c2*7-6-4-2-1-3-5-6;1-2-4-5-3-1;;/h2*1-5,7H;1-3H,4H2;1H;/q;;;;+3/p-3. The molecule has 0 fully saturated rings. The van der Waals surface area contributed by atoms with Crippen LogP contribution in [-0.4, -0.2) is 0 Å². The van der Waals surface area contributed by atoms with Crippen LogP contribution in [0.1, 0.15) is 6.42 Å². The molecule has 0 unspecified atom stereocenters. The van der Waals surface area contributed by atoms with Gasteiger partial charge < -0.3 is 0 Å². The molecule has 0 saturated heterocycles. The van der Waals surface area contributed by atoms with Crippen molar-refractivity contribution in [2.45, 2.75) is 6.42 Å². The van der Waals surface area contributed by atoms with Crippen molar-refractivity contribution in [2.75, 3.05) is 0 Å². The average Bonchev–Trinajstić information content (AvgIpc) is 3.04. The van der Waals surface area contributed by atoms with Crippen LogP contribution in [-0.2, 0) is 20.0 Å². The summed E-state index contributed by atoms with van der Waals surface area (Å²) in [5.41, 5.74) is 0. The van der Waals surface area contributed by atoms with Gasteiger partial charge in [-0.2, -0.15) is 0 Å². The van der Waals surface area contributed by atoms with E-state index in [1.165, 1.54) is 0 Å². The van der Waals surface area contributed by atoms with Crippen molar-refractivity contribution in [3.63, 3.8) is 0 Å². The zero-order valence-electron chi connectivity index (χ0n) is 11.4. The molecule has 0 heterocycles. The second kappa shape index (κ2) is 6.64. The van der Waals surface area contributed by atoms with Gasteiger partial charge in [-0.3, -0.25) is 0 Å². The van der Waals surface area contributed by atoms with Gasteiger partial charge in [-0.25, -0.2) is 0 Å². The Labute approximate surface area is 133 Å². The Morgan fingerprint density at radius 2 is 1.33 bits per heavy atom. The molecule has 1 aliphatic rings. The predicted molar refractivity (Wildman–Crippen MR) is 81.8 cm³/mol. The molecule has 0 spiro atoms. The van der Waals surface area contributed by atoms with Gasteiger partial charge in [0.15, 0.2) is 0 Å². The predicted octanol–water partition coefficient (Wildman–Crippen LogP) is 5.13. The molecule has 1 aliphatic carbocycles. The molecule has 0 aliphatic heterocycles. The van der Waals surface area contributed by atoms with Crippen LogP contribution < -0.4 is 5.63 Å². The molecule has 2 nitrogen and oxygen atoms in total. The van der Waals surface area contributed by atoms with Gasteiger partial charge in [-0.1, -0.05) is 0 Å². The van der Waals surface area contributed by atoms with Crippen LogP contribution >= 0.6 is 8.51 Å². The second-order valence-electron chi connectivity index (χ2n) is 4.69. The van der Waals surface area contributed by atoms with Gasteiger partial charge in [-0.05, 0) is 0 Å². The van der Waals surface area contributed by atoms with E-state index in [1.807, 2.05) is 72.8 Å². The van der Waals surface area contributed by atoms with Gasteiger partial charge in [0.05, 0.1) is 0 Å². The van der Waals surface area contributed by atoms with E-state index in [2.05, 4.69) is 6.08 Å². The first kappa shape index (κ1) is 14.6. The summed E-state index contributed by atoms with van der Waals surface area (Å²) in [4.78, 5) is 0. The van der Waals surface area contributed by atoms with Crippen molar-refractivity contribution in [3.05, 3.63) is 82.2 Å². The van der Waals surface area contributed by atoms with Gasteiger partial charge in [-0.15, -0.1) is 0 Å². The van der Waals surface area contributed by atoms with E-state index in [4.69, 9.17) is 14.1 Å². The Hall–Kier alpha value is -1.31. The molecule has 0 atom stereocenters. The summed E-state index contributed by atoms with van der Waals surface area (Å²) >= 11 is -3.89. The summed E-state index contributed by atoms with van der Waals surface area (Å²) < 4.78 is 13.4. The first-order chi connectivity index (χ1) is 10.3. The van der Waals surface area contributed by atoms with E-state index in [0.717, 1.165) is 21.2 Å². The molecular weight excluding hydrogens is 363 g/mol. The van der Waals surface area contributed by atoms with Crippen LogP contribution in [0.25, 0.3) is 0 Å². The Balaban J connectivity index is 1.88. The molecule has 0 aromatic heterocycles. The molecule has 0 N–H and O–H groups in total. The molecule has 3 rings (SSSR count). The van der Waals surface area contributed by atoms with E-state index in [9.17, 15) is 0 Å². The zero-order valence-corrected chi connectivity index (χ0v) is 14.6. The van der Waals surface area contributed by atoms with Gasteiger partial charge in [0.2, 0.25) is 0 Å². The van der Waals surface area contributed by atoms with Crippen molar-refractivity contribution >= 4 is 8.51 Å². The van der Waals surface area contributed by atoms with E-state index in [0.29, 0.717) is 0 Å². The average molecular weight is 378 g/mol. The van der Waals surface area contributed by atoms with Crippen LogP contribution in [0, 0.1) is 0 Å². The minimum atomic E-state index is -3.89. The first-order valence-corrected chi connectivity index (χ1v) is 13.2. The number of benzene rings is 2. The zero-order chi connectivity index (χ0) is 14.5. The van der Waals surface area contributed by atoms with Crippen LogP contribution in [0.5, 0.6) is 11.5 Å². The molecular formula is C17H15ClO2Zr. The SMILES string of the molecule is [Cl][Zr]([O]c1ccccc1)([O]c1ccccc1)[C]1=CC=CC1. The molecule has 0 radical (unpaired) electrons. The number of para-hydroxylation sites is 2. The summed E-state index contributed by atoms with van der Waals surface area (Å²) in [5, 5.41) is 0. The molecule has 21 heavy (non-hydrogen) atoms. The fourth-order valence-corrected chi connectivity index (χ4v) is 8.51. The third-order valence-corrected chi connectivity index (χ3v) is 10.7. The van der Waals surface area contributed by atoms with Crippen molar-refractivity contribution < 1.29 is 25.6 Å². The van der Waals surface area contributed by atoms with E-state index in [-0.39, 0.29) is 0 Å². The number of rotatable bonds is 5. The fraction of sp³-hybridized carbons (Fsp3) is 0.0588. The third-order valence-electron chi connectivity index (χ3n) is 3.14. The normalized spacial score (nSPS) is 13.9. The third kappa shape index (κ3) is 3.67. The maximum absolute atomic E-state index is 6.87. The number of allylic oxidation sites excluding steroid dienone is 4. The van der Waals surface area contributed by atoms with Crippen LogP contribution in [0.3, 0.4) is 0 Å². The Bertz CT molecular complexity index is 612. The van der Waals surface area contributed by atoms with Gasteiger partial charge in [0.25, 0.3) is 0 Å². The molecule has 2 aromatic rings. The van der Waals surface area contributed by atoms with E-state index in [1.54, 1.807) is 0 Å². The summed E-state index contributed by atoms with van der Waals surface area (Å²) in [6, 6.07) is 19.3. The van der Waals surface area contributed by atoms with E-state index < -0.39 is 20.0 Å². The second-order valence-corrected chi connectivity index (χ2v) is 12.9. The summed E-state index contributed by atoms with van der Waals surface area (Å²) in [5.74, 6) is 1.51. The topological polar surface area (TPSA) is 18.5 Å². The Kier molecular flexibility index (Phi) is 4.62. The van der Waals surface area contributed by atoms with Gasteiger partial charge in [0, 0.05) is 0 Å².